The zero-order chi connectivity index (χ0) is 20.3. The van der Waals surface area contributed by atoms with Gasteiger partial charge in [0.1, 0.15) is 11.6 Å². The van der Waals surface area contributed by atoms with Gasteiger partial charge < -0.3 is 9.80 Å². The van der Waals surface area contributed by atoms with Crippen LogP contribution in [-0.4, -0.2) is 41.8 Å². The molecule has 0 bridgehead atoms. The molecule has 148 valence electrons. The Morgan fingerprint density at radius 2 is 1.75 bits per heavy atom. The quantitative estimate of drug-likeness (QED) is 0.766. The highest BCUT2D eigenvalue weighted by atomic mass is 35.5. The number of hydrogen-bond donors (Lipinski definition) is 0. The molecule has 0 atom stereocenters. The van der Waals surface area contributed by atoms with E-state index in [1.54, 1.807) is 18.0 Å². The minimum Gasteiger partial charge on any atom is -0.341 e. The topological polar surface area (TPSA) is 40.6 Å². The molecule has 2 aromatic carbocycles. The Bertz CT molecular complexity index is 845. The van der Waals surface area contributed by atoms with Crippen LogP contribution in [0.25, 0.3) is 0 Å². The molecular formula is C21H21ClF2N2O2. The van der Waals surface area contributed by atoms with E-state index in [0.29, 0.717) is 42.1 Å². The minimum absolute atomic E-state index is 0.0896. The van der Waals surface area contributed by atoms with E-state index in [0.717, 1.165) is 0 Å². The smallest absolute Gasteiger partial charge is 0.253 e. The summed E-state index contributed by atoms with van der Waals surface area (Å²) < 4.78 is 27.0. The van der Waals surface area contributed by atoms with Gasteiger partial charge in [0.2, 0.25) is 5.91 Å². The van der Waals surface area contributed by atoms with Gasteiger partial charge in [-0.1, -0.05) is 17.7 Å². The van der Waals surface area contributed by atoms with Crippen LogP contribution in [0.15, 0.2) is 42.5 Å². The van der Waals surface area contributed by atoms with E-state index in [4.69, 9.17) is 11.6 Å². The molecule has 2 aromatic rings. The fraction of sp³-hybridized carbons (Fsp3) is 0.333. The number of likely N-dealkylation sites (tertiary alicyclic amines) is 1. The van der Waals surface area contributed by atoms with E-state index in [9.17, 15) is 18.4 Å². The molecule has 2 amide bonds. The van der Waals surface area contributed by atoms with Crippen LogP contribution in [0.4, 0.5) is 8.78 Å². The summed E-state index contributed by atoms with van der Waals surface area (Å²) in [5.74, 6) is -1.32. The van der Waals surface area contributed by atoms with E-state index in [1.165, 1.54) is 41.3 Å². The van der Waals surface area contributed by atoms with Crippen molar-refractivity contribution < 1.29 is 18.4 Å². The molecule has 0 saturated carbocycles. The number of benzene rings is 2. The van der Waals surface area contributed by atoms with Gasteiger partial charge in [0, 0.05) is 48.7 Å². The summed E-state index contributed by atoms with van der Waals surface area (Å²) in [6.45, 7) is 0.987. The van der Waals surface area contributed by atoms with Gasteiger partial charge in [-0.25, -0.2) is 8.78 Å². The molecule has 1 heterocycles. The summed E-state index contributed by atoms with van der Waals surface area (Å²) in [6.07, 6.45) is 1.06. The van der Waals surface area contributed by atoms with E-state index >= 15 is 0 Å². The van der Waals surface area contributed by atoms with Crippen molar-refractivity contribution in [2.45, 2.75) is 19.4 Å². The van der Waals surface area contributed by atoms with Crippen molar-refractivity contribution in [1.29, 1.82) is 0 Å². The second-order valence-electron chi connectivity index (χ2n) is 6.97. The Morgan fingerprint density at radius 1 is 1.11 bits per heavy atom. The number of hydrogen-bond acceptors (Lipinski definition) is 2. The van der Waals surface area contributed by atoms with Gasteiger partial charge in [-0.2, -0.15) is 0 Å². The molecule has 0 N–H and O–H groups in total. The van der Waals surface area contributed by atoms with Crippen LogP contribution in [0.2, 0.25) is 5.02 Å². The number of carbonyl (C=O) groups excluding carboxylic acids is 2. The first-order valence-electron chi connectivity index (χ1n) is 9.09. The lowest BCUT2D eigenvalue weighted by molar-refractivity contribution is -0.136. The number of piperidine rings is 1. The van der Waals surface area contributed by atoms with Crippen LogP contribution < -0.4 is 0 Å². The molecular weight excluding hydrogens is 386 g/mol. The van der Waals surface area contributed by atoms with Gasteiger partial charge >= 0.3 is 0 Å². The summed E-state index contributed by atoms with van der Waals surface area (Å²) in [5, 5.41) is 0.291. The van der Waals surface area contributed by atoms with Crippen LogP contribution in [-0.2, 0) is 11.3 Å². The molecule has 0 unspecified atom stereocenters. The van der Waals surface area contributed by atoms with Crippen molar-refractivity contribution in [1.82, 2.24) is 9.80 Å². The number of carbonyl (C=O) groups is 2. The predicted octanol–water partition coefficient (Wildman–Crippen LogP) is 4.13. The van der Waals surface area contributed by atoms with Gasteiger partial charge in [0.15, 0.2) is 0 Å². The highest BCUT2D eigenvalue weighted by Crippen LogP contribution is 2.24. The lowest BCUT2D eigenvalue weighted by Gasteiger charge is -2.33. The van der Waals surface area contributed by atoms with Crippen molar-refractivity contribution in [2.75, 3.05) is 20.1 Å². The summed E-state index contributed by atoms with van der Waals surface area (Å²) in [4.78, 5) is 28.4. The standard InChI is InChI=1S/C21H21ClF2N2O2/c1-25(13-17-18(22)3-2-4-19(17)24)20(27)15-9-11-26(12-10-15)21(28)14-5-7-16(23)8-6-14/h2-8,15H,9-13H2,1H3. The summed E-state index contributed by atoms with van der Waals surface area (Å²) >= 11 is 6.04. The molecule has 1 saturated heterocycles. The molecule has 4 nitrogen and oxygen atoms in total. The minimum atomic E-state index is -0.438. The molecule has 3 rings (SSSR count). The van der Waals surface area contributed by atoms with Crippen molar-refractivity contribution in [3.8, 4) is 0 Å². The maximum absolute atomic E-state index is 14.0. The van der Waals surface area contributed by atoms with Crippen LogP contribution in [0.3, 0.4) is 0 Å². The first-order chi connectivity index (χ1) is 13.4. The largest absolute Gasteiger partial charge is 0.341 e. The number of halogens is 3. The molecule has 0 aromatic heterocycles. The zero-order valence-corrected chi connectivity index (χ0v) is 16.3. The van der Waals surface area contributed by atoms with Crippen LogP contribution in [0, 0.1) is 17.6 Å². The van der Waals surface area contributed by atoms with E-state index in [1.807, 2.05) is 0 Å². The molecule has 1 aliphatic heterocycles. The summed E-state index contributed by atoms with van der Waals surface area (Å²) in [6, 6.07) is 9.87. The van der Waals surface area contributed by atoms with Crippen LogP contribution >= 0.6 is 11.6 Å². The maximum atomic E-state index is 14.0. The van der Waals surface area contributed by atoms with Crippen LogP contribution in [0.1, 0.15) is 28.8 Å². The number of rotatable bonds is 4. The number of nitrogens with zero attached hydrogens (tertiary/aromatic N) is 2. The second kappa shape index (κ2) is 8.69. The number of amides is 2. The average molecular weight is 407 g/mol. The zero-order valence-electron chi connectivity index (χ0n) is 15.5. The lowest BCUT2D eigenvalue weighted by Crippen LogP contribution is -2.43. The normalized spacial score (nSPS) is 14.8. The Balaban J connectivity index is 1.57. The average Bonchev–Trinajstić information content (AvgIpc) is 2.70. The van der Waals surface area contributed by atoms with E-state index in [2.05, 4.69) is 0 Å². The van der Waals surface area contributed by atoms with Crippen LogP contribution in [0.5, 0.6) is 0 Å². The van der Waals surface area contributed by atoms with Gasteiger partial charge in [-0.15, -0.1) is 0 Å². The Hall–Kier alpha value is -2.47. The predicted molar refractivity (Wildman–Crippen MR) is 103 cm³/mol. The first-order valence-corrected chi connectivity index (χ1v) is 9.47. The molecule has 0 aliphatic carbocycles. The second-order valence-corrected chi connectivity index (χ2v) is 7.38. The fourth-order valence-corrected chi connectivity index (χ4v) is 3.64. The van der Waals surface area contributed by atoms with Crippen molar-refractivity contribution in [2.24, 2.45) is 5.92 Å². The monoisotopic (exact) mass is 406 g/mol. The first kappa shape index (κ1) is 20.3. The Kier molecular flexibility index (Phi) is 6.29. The molecule has 28 heavy (non-hydrogen) atoms. The molecule has 0 spiro atoms. The molecule has 0 radical (unpaired) electrons. The third-order valence-corrected chi connectivity index (χ3v) is 5.41. The molecule has 1 aliphatic rings. The van der Waals surface area contributed by atoms with Crippen molar-refractivity contribution in [3.63, 3.8) is 0 Å². The fourth-order valence-electron chi connectivity index (χ4n) is 3.41. The van der Waals surface area contributed by atoms with Gasteiger partial charge in [-0.3, -0.25) is 9.59 Å². The molecule has 1 fully saturated rings. The van der Waals surface area contributed by atoms with Crippen molar-refractivity contribution >= 4 is 23.4 Å². The third-order valence-electron chi connectivity index (χ3n) is 5.06. The Morgan fingerprint density at radius 3 is 2.36 bits per heavy atom. The SMILES string of the molecule is CN(Cc1c(F)cccc1Cl)C(=O)C1CCN(C(=O)c2ccc(F)cc2)CC1. The van der Waals surface area contributed by atoms with Crippen molar-refractivity contribution in [3.05, 3.63) is 70.2 Å². The highest BCUT2D eigenvalue weighted by molar-refractivity contribution is 6.31. The highest BCUT2D eigenvalue weighted by Gasteiger charge is 2.30. The van der Waals surface area contributed by atoms with E-state index in [-0.39, 0.29) is 30.1 Å². The summed E-state index contributed by atoms with van der Waals surface area (Å²) in [7, 11) is 1.63. The maximum Gasteiger partial charge on any atom is 0.253 e. The lowest BCUT2D eigenvalue weighted by atomic mass is 9.94. The Labute approximate surface area is 167 Å². The van der Waals surface area contributed by atoms with Gasteiger partial charge in [0.25, 0.3) is 5.91 Å². The molecule has 7 heteroatoms. The van der Waals surface area contributed by atoms with Gasteiger partial charge in [-0.05, 0) is 49.2 Å². The van der Waals surface area contributed by atoms with E-state index < -0.39 is 5.82 Å². The van der Waals surface area contributed by atoms with Gasteiger partial charge in [0.05, 0.1) is 0 Å². The third kappa shape index (κ3) is 4.50. The summed E-state index contributed by atoms with van der Waals surface area (Å²) in [5.41, 5.74) is 0.724.